The summed E-state index contributed by atoms with van der Waals surface area (Å²) in [7, 11) is 1.63. The predicted octanol–water partition coefficient (Wildman–Crippen LogP) is 10.4. The van der Waals surface area contributed by atoms with Crippen LogP contribution in [0.15, 0.2) is 115 Å². The number of nitrogens with zero attached hydrogens (tertiary/aromatic N) is 2. The summed E-state index contributed by atoms with van der Waals surface area (Å²) < 4.78 is 27.3. The van der Waals surface area contributed by atoms with Gasteiger partial charge >= 0.3 is 0 Å². The van der Waals surface area contributed by atoms with Crippen molar-refractivity contribution in [2.45, 2.75) is 56.8 Å². The van der Waals surface area contributed by atoms with Crippen molar-refractivity contribution in [3.8, 4) is 53.4 Å². The summed E-state index contributed by atoms with van der Waals surface area (Å²) in [5, 5.41) is 0.427. The minimum absolute atomic E-state index is 0.154. The molecule has 3 heterocycles. The Kier molecular flexibility index (Phi) is 8.01. The lowest BCUT2D eigenvalue weighted by Gasteiger charge is -2.31. The summed E-state index contributed by atoms with van der Waals surface area (Å²) in [5.74, 6) is 6.36. The highest BCUT2D eigenvalue weighted by Crippen LogP contribution is 2.65. The molecule has 0 saturated heterocycles. The van der Waals surface area contributed by atoms with Crippen LogP contribution >= 0.6 is 0 Å². The maximum Gasteiger partial charge on any atom is 0.266 e. The number of carbonyl (C=O) groups excluding carboxylic acids is 2. The number of aldehydes is 1. The zero-order valence-electron chi connectivity index (χ0n) is 35.5. The molecule has 0 fully saturated rings. The fourth-order valence-corrected chi connectivity index (χ4v) is 10.6. The fraction of sp³-hybridized carbons (Fsp3) is 0.185. The van der Waals surface area contributed by atoms with Crippen molar-refractivity contribution in [3.63, 3.8) is 0 Å². The summed E-state index contributed by atoms with van der Waals surface area (Å²) in [4.78, 5) is 55.2. The maximum atomic E-state index is 13.9. The Bertz CT molecular complexity index is 3660. The molecule has 8 aromatic rings. The van der Waals surface area contributed by atoms with Crippen molar-refractivity contribution in [3.05, 3.63) is 162 Å². The summed E-state index contributed by atoms with van der Waals surface area (Å²) in [6, 6.07) is 28.3. The molecule has 312 valence electrons. The fourth-order valence-electron chi connectivity index (χ4n) is 10.6. The van der Waals surface area contributed by atoms with E-state index in [0.717, 1.165) is 39.7 Å². The number of hydrogen-bond donors (Lipinski definition) is 0. The molecular formula is C54H38N2O8. The molecule has 1 unspecified atom stereocenters. The van der Waals surface area contributed by atoms with Gasteiger partial charge in [0.15, 0.2) is 51.6 Å². The molecule has 2 aliphatic carbocycles. The molecule has 2 aromatic heterocycles. The van der Waals surface area contributed by atoms with E-state index in [-0.39, 0.29) is 32.7 Å². The summed E-state index contributed by atoms with van der Waals surface area (Å²) >= 11 is 0. The van der Waals surface area contributed by atoms with E-state index < -0.39 is 22.4 Å². The zero-order valence-corrected chi connectivity index (χ0v) is 35.5. The molecule has 0 N–H and O–H groups in total. The third-order valence-electron chi connectivity index (χ3n) is 13.4. The standard InChI is InChI=1S/C54H38N2O8/c1-8-29-12-10-14-32(16-29)55(7)49(58)34-19-42-41(18-31(34)26-57)61-45-22-37-39(24-47(45)62-42)54(27-52(37,3)4)28-53(5,6)38-23-46-48(25-40(38)54)64-44-21-36-35(20-43(44)63-46)50(59)56(51(36)60)33-15-11-13-30(9-2)17-33/h1-2,10-26H,27-28H2,3-7H3. The van der Waals surface area contributed by atoms with Crippen LogP contribution in [0.3, 0.4) is 0 Å². The Morgan fingerprint density at radius 3 is 1.77 bits per heavy atom. The van der Waals surface area contributed by atoms with Gasteiger partial charge in [0.2, 0.25) is 0 Å². The van der Waals surface area contributed by atoms with Gasteiger partial charge in [-0.1, -0.05) is 51.7 Å². The summed E-state index contributed by atoms with van der Waals surface area (Å²) in [6.45, 7) is 8.92. The molecule has 1 aliphatic heterocycles. The zero-order chi connectivity index (χ0) is 44.6. The molecule has 1 amide bonds. The van der Waals surface area contributed by atoms with Gasteiger partial charge in [0.05, 0.1) is 22.0 Å². The normalized spacial score (nSPS) is 17.2. The highest BCUT2D eigenvalue weighted by atomic mass is 16.6. The molecule has 1 spiro atoms. The number of rotatable bonds is 4. The number of amides is 1. The molecule has 3 aliphatic rings. The topological polar surface area (TPSA) is 121 Å². The van der Waals surface area contributed by atoms with Gasteiger partial charge in [-0.25, -0.2) is 4.57 Å². The molecule has 1 atom stereocenters. The number of aromatic nitrogens is 1. The van der Waals surface area contributed by atoms with Gasteiger partial charge in [-0.15, -0.1) is 12.8 Å². The second-order valence-corrected chi connectivity index (χ2v) is 18.3. The van der Waals surface area contributed by atoms with Crippen LogP contribution in [0.2, 0.25) is 0 Å². The van der Waals surface area contributed by atoms with Crippen molar-refractivity contribution in [1.82, 2.24) is 4.57 Å². The van der Waals surface area contributed by atoms with Gasteiger partial charge in [0.25, 0.3) is 17.0 Å². The minimum Gasteiger partial charge on any atom is -0.449 e. The lowest BCUT2D eigenvalue weighted by atomic mass is 9.72. The highest BCUT2D eigenvalue weighted by molar-refractivity contribution is 6.10. The van der Waals surface area contributed by atoms with Crippen LogP contribution in [-0.4, -0.2) is 23.8 Å². The Morgan fingerprint density at radius 2 is 1.16 bits per heavy atom. The smallest absolute Gasteiger partial charge is 0.266 e. The van der Waals surface area contributed by atoms with E-state index in [2.05, 4.69) is 51.7 Å². The first kappa shape index (κ1) is 38.8. The number of fused-ring (bicyclic) bond motifs is 9. The predicted molar refractivity (Wildman–Crippen MR) is 245 cm³/mol. The lowest BCUT2D eigenvalue weighted by molar-refractivity contribution is 0.0985. The van der Waals surface area contributed by atoms with Crippen molar-refractivity contribution in [1.29, 1.82) is 0 Å². The third kappa shape index (κ3) is 5.49. The molecule has 6 aromatic carbocycles. The first-order valence-electron chi connectivity index (χ1n) is 20.8. The molecule has 64 heavy (non-hydrogen) atoms. The van der Waals surface area contributed by atoms with E-state index >= 15 is 0 Å². The molecule has 10 nitrogen and oxygen atoms in total. The van der Waals surface area contributed by atoms with Gasteiger partial charge in [-0.05, 0) is 131 Å². The van der Waals surface area contributed by atoms with Crippen molar-refractivity contribution in [2.24, 2.45) is 0 Å². The molecular weight excluding hydrogens is 805 g/mol. The highest BCUT2D eigenvalue weighted by Gasteiger charge is 2.57. The average Bonchev–Trinajstić information content (AvgIpc) is 3.76. The molecule has 10 heteroatoms. The van der Waals surface area contributed by atoms with Crippen LogP contribution in [0.1, 0.15) is 94.6 Å². The van der Waals surface area contributed by atoms with Crippen LogP contribution in [0.4, 0.5) is 5.69 Å². The minimum atomic E-state index is -0.478. The van der Waals surface area contributed by atoms with Crippen LogP contribution in [0, 0.1) is 24.7 Å². The second kappa shape index (κ2) is 13.2. The number of terminal acetylenes is 2. The quantitative estimate of drug-likeness (QED) is 0.0975. The maximum absolute atomic E-state index is 13.9. The Balaban J connectivity index is 1.01. The van der Waals surface area contributed by atoms with Gasteiger partial charge in [-0.2, -0.15) is 0 Å². The summed E-state index contributed by atoms with van der Waals surface area (Å²) in [5.41, 5.74) is 6.51. The molecule has 0 saturated carbocycles. The van der Waals surface area contributed by atoms with Crippen molar-refractivity contribution in [2.75, 3.05) is 11.9 Å². The van der Waals surface area contributed by atoms with E-state index in [1.54, 1.807) is 79.8 Å². The van der Waals surface area contributed by atoms with E-state index in [0.29, 0.717) is 74.1 Å². The van der Waals surface area contributed by atoms with Crippen LogP contribution in [0.25, 0.3) is 38.8 Å². The number of anilines is 1. The van der Waals surface area contributed by atoms with E-state index in [4.69, 9.17) is 31.2 Å². The van der Waals surface area contributed by atoms with E-state index in [1.807, 2.05) is 12.1 Å². The second-order valence-electron chi connectivity index (χ2n) is 18.3. The first-order chi connectivity index (χ1) is 30.6. The molecule has 0 bridgehead atoms. The van der Waals surface area contributed by atoms with Gasteiger partial charge in [0.1, 0.15) is 0 Å². The van der Waals surface area contributed by atoms with E-state index in [9.17, 15) is 19.2 Å². The monoisotopic (exact) mass is 842 g/mol. The van der Waals surface area contributed by atoms with Crippen LogP contribution in [-0.2, 0) is 16.2 Å². The summed E-state index contributed by atoms with van der Waals surface area (Å²) in [6.07, 6.45) is 13.4. The lowest BCUT2D eigenvalue weighted by Crippen LogP contribution is -2.27. The number of carbonyl (C=O) groups is 2. The first-order valence-corrected chi connectivity index (χ1v) is 20.8. The Hall–Kier alpha value is -8.08. The van der Waals surface area contributed by atoms with Crippen molar-refractivity contribution < 1.29 is 27.9 Å². The molecule has 11 rings (SSSR count). The number of hydrogen-bond acceptors (Lipinski definition) is 8. The number of benzene rings is 6. The SMILES string of the molecule is C#Cc1cccc(N(C)C(=O)c2cc3c(cc2C=O)Oc2cc4c(cc2O3)C2(CC4(C)C)CC(C)(C)c3cc4oc5cc6c(=O)n(-c7cccc(C#C)c7)c(=O)c6cc5oc4cc32)c1. The van der Waals surface area contributed by atoms with Gasteiger partial charge in [-0.3, -0.25) is 19.2 Å². The van der Waals surface area contributed by atoms with E-state index in [1.165, 1.54) is 4.90 Å². The van der Waals surface area contributed by atoms with Crippen LogP contribution in [0.5, 0.6) is 23.0 Å². The third-order valence-corrected chi connectivity index (χ3v) is 13.4. The van der Waals surface area contributed by atoms with Crippen LogP contribution < -0.4 is 25.5 Å². The van der Waals surface area contributed by atoms with Gasteiger partial charge in [0, 0.05) is 34.8 Å². The van der Waals surface area contributed by atoms with Gasteiger partial charge < -0.3 is 23.2 Å². The largest absolute Gasteiger partial charge is 0.449 e. The Morgan fingerprint density at radius 1 is 0.656 bits per heavy atom. The average molecular weight is 843 g/mol. The number of ether oxygens (including phenoxy) is 2. The molecule has 0 radical (unpaired) electrons. The van der Waals surface area contributed by atoms with Crippen molar-refractivity contribution >= 4 is 51.0 Å². The Labute approximate surface area is 366 Å².